The average Bonchev–Trinajstić information content (AvgIpc) is 3.68. The second-order valence-electron chi connectivity index (χ2n) is 20.9. The standard InChI is InChI=1S/C47H84O4/c1-10-11-12-13-14-15-16-17-18-19-20-21-22-23-41(49)51-40-29-31-46-34-47(46)33-32-44(7)36(35(2)24-27-39(48)43(5,6)50-9)28-30-45(44,8)38(47)26-25-37(46)42(40,3)4/h35-40,48H,10-34H2,1-9H3/t35-,36-,37+,38+,39+,40+,44-,45+,46-,47+/m1/s1. The van der Waals surface area contributed by atoms with Crippen molar-refractivity contribution in [3.63, 3.8) is 0 Å². The van der Waals surface area contributed by atoms with Crippen LogP contribution in [-0.2, 0) is 14.3 Å². The van der Waals surface area contributed by atoms with Crippen LogP contribution >= 0.6 is 0 Å². The smallest absolute Gasteiger partial charge is 0.306 e. The first-order valence-corrected chi connectivity index (χ1v) is 22.6. The number of hydrogen-bond acceptors (Lipinski definition) is 4. The summed E-state index contributed by atoms with van der Waals surface area (Å²) >= 11 is 0. The van der Waals surface area contributed by atoms with Crippen LogP contribution in [0.4, 0.5) is 0 Å². The summed E-state index contributed by atoms with van der Waals surface area (Å²) in [7, 11) is 1.72. The van der Waals surface area contributed by atoms with Crippen molar-refractivity contribution in [1.82, 2.24) is 0 Å². The fourth-order valence-corrected chi connectivity index (χ4v) is 14.1. The second kappa shape index (κ2) is 16.6. The molecule has 0 heterocycles. The van der Waals surface area contributed by atoms with Crippen LogP contribution in [0.3, 0.4) is 0 Å². The first kappa shape index (κ1) is 41.6. The SMILES string of the molecule is CCCCCCCCCCCCCCCC(=O)O[C@H]1CC[C@]23C[C@]24CC[C@]2(C)[C@@H]([C@H](C)CC[C@H](O)C(C)(C)OC)CC[C@@]2(C)[C@@H]4CC[C@H]3C1(C)C. The zero-order chi connectivity index (χ0) is 37.1. The molecule has 5 aliphatic rings. The van der Waals surface area contributed by atoms with Gasteiger partial charge in [-0.3, -0.25) is 4.79 Å². The first-order valence-electron chi connectivity index (χ1n) is 22.6. The van der Waals surface area contributed by atoms with Gasteiger partial charge in [-0.25, -0.2) is 0 Å². The normalized spacial score (nSPS) is 37.8. The number of methoxy groups -OCH3 is 1. The minimum absolute atomic E-state index is 0.0591. The molecular formula is C47H84O4. The van der Waals surface area contributed by atoms with Crippen molar-refractivity contribution < 1.29 is 19.4 Å². The highest BCUT2D eigenvalue weighted by molar-refractivity contribution is 5.69. The van der Waals surface area contributed by atoms with Crippen molar-refractivity contribution in [2.75, 3.05) is 7.11 Å². The fraction of sp³-hybridized carbons (Fsp3) is 0.979. The number of ether oxygens (including phenoxy) is 2. The largest absolute Gasteiger partial charge is 0.462 e. The Hall–Kier alpha value is -0.610. The quantitative estimate of drug-likeness (QED) is 0.0951. The lowest BCUT2D eigenvalue weighted by Gasteiger charge is -2.63. The van der Waals surface area contributed by atoms with Gasteiger partial charge in [0.05, 0.1) is 11.7 Å². The number of esters is 1. The summed E-state index contributed by atoms with van der Waals surface area (Å²) in [6, 6.07) is 0. The molecule has 0 unspecified atom stereocenters. The van der Waals surface area contributed by atoms with Crippen molar-refractivity contribution >= 4 is 5.97 Å². The van der Waals surface area contributed by atoms with Gasteiger partial charge in [0.1, 0.15) is 6.10 Å². The van der Waals surface area contributed by atoms with Gasteiger partial charge in [-0.2, -0.15) is 0 Å². The highest BCUT2D eigenvalue weighted by Crippen LogP contribution is 2.89. The van der Waals surface area contributed by atoms with E-state index in [0.717, 1.165) is 37.5 Å². The van der Waals surface area contributed by atoms with Gasteiger partial charge in [0.25, 0.3) is 0 Å². The topological polar surface area (TPSA) is 55.8 Å². The molecule has 0 aliphatic heterocycles. The Labute approximate surface area is 316 Å². The minimum Gasteiger partial charge on any atom is -0.462 e. The summed E-state index contributed by atoms with van der Waals surface area (Å²) in [4.78, 5) is 13.2. The third kappa shape index (κ3) is 7.91. The van der Waals surface area contributed by atoms with Crippen LogP contribution in [0.15, 0.2) is 0 Å². The lowest BCUT2D eigenvalue weighted by atomic mass is 9.41. The Balaban J connectivity index is 1.08. The zero-order valence-electron chi connectivity index (χ0n) is 35.3. The number of hydrogen-bond donors (Lipinski definition) is 1. The van der Waals surface area contributed by atoms with Gasteiger partial charge in [0, 0.05) is 18.9 Å². The average molecular weight is 713 g/mol. The molecule has 0 amide bonds. The van der Waals surface area contributed by atoms with Crippen LogP contribution in [0, 0.1) is 50.7 Å². The Morgan fingerprint density at radius 1 is 0.725 bits per heavy atom. The van der Waals surface area contributed by atoms with Crippen LogP contribution in [0.25, 0.3) is 0 Å². The maximum Gasteiger partial charge on any atom is 0.306 e. The monoisotopic (exact) mass is 713 g/mol. The third-order valence-electron chi connectivity index (χ3n) is 17.8. The van der Waals surface area contributed by atoms with Gasteiger partial charge in [-0.15, -0.1) is 0 Å². The van der Waals surface area contributed by atoms with Gasteiger partial charge in [0.15, 0.2) is 0 Å². The van der Waals surface area contributed by atoms with E-state index < -0.39 is 11.7 Å². The summed E-state index contributed by atoms with van der Waals surface area (Å²) in [6.07, 6.45) is 31.4. The van der Waals surface area contributed by atoms with Crippen molar-refractivity contribution in [3.05, 3.63) is 0 Å². The molecule has 5 fully saturated rings. The number of carbonyl (C=O) groups is 1. The first-order chi connectivity index (χ1) is 24.1. The van der Waals surface area contributed by atoms with Crippen molar-refractivity contribution in [1.29, 1.82) is 0 Å². The van der Waals surface area contributed by atoms with Gasteiger partial charge < -0.3 is 14.6 Å². The molecule has 0 saturated heterocycles. The van der Waals surface area contributed by atoms with E-state index in [1.165, 1.54) is 128 Å². The van der Waals surface area contributed by atoms with E-state index in [-0.39, 0.29) is 17.5 Å². The van der Waals surface area contributed by atoms with Gasteiger partial charge in [-0.1, -0.05) is 119 Å². The Bertz CT molecular complexity index is 1130. The lowest BCUT2D eigenvalue weighted by Crippen LogP contribution is -2.58. The summed E-state index contributed by atoms with van der Waals surface area (Å²) < 4.78 is 12.0. The molecule has 296 valence electrons. The molecule has 51 heavy (non-hydrogen) atoms. The number of carbonyl (C=O) groups excluding carboxylic acids is 1. The lowest BCUT2D eigenvalue weighted by molar-refractivity contribution is -0.183. The van der Waals surface area contributed by atoms with E-state index in [2.05, 4.69) is 41.5 Å². The minimum atomic E-state index is -0.485. The fourth-order valence-electron chi connectivity index (χ4n) is 14.1. The van der Waals surface area contributed by atoms with E-state index in [4.69, 9.17) is 9.47 Å². The molecule has 5 aliphatic carbocycles. The zero-order valence-corrected chi connectivity index (χ0v) is 35.3. The Kier molecular flexibility index (Phi) is 13.5. The number of aliphatic hydroxyl groups is 1. The summed E-state index contributed by atoms with van der Waals surface area (Å²) in [5, 5.41) is 10.9. The molecule has 2 spiro atoms. The molecule has 5 saturated carbocycles. The number of unbranched alkanes of at least 4 members (excludes halogenated alkanes) is 12. The van der Waals surface area contributed by atoms with Crippen LogP contribution in [0.2, 0.25) is 0 Å². The molecule has 4 heteroatoms. The molecule has 5 rings (SSSR count). The molecule has 10 atom stereocenters. The number of aliphatic hydroxyl groups excluding tert-OH is 1. The van der Waals surface area contributed by atoms with E-state index in [0.29, 0.717) is 39.9 Å². The predicted molar refractivity (Wildman–Crippen MR) is 213 cm³/mol. The third-order valence-corrected chi connectivity index (χ3v) is 17.8. The second-order valence-corrected chi connectivity index (χ2v) is 20.9. The van der Waals surface area contributed by atoms with Crippen molar-refractivity contribution in [3.8, 4) is 0 Å². The number of fused-ring (bicyclic) bond motifs is 2. The van der Waals surface area contributed by atoms with Crippen LogP contribution in [0.1, 0.15) is 216 Å². The predicted octanol–water partition coefficient (Wildman–Crippen LogP) is 13.0. The van der Waals surface area contributed by atoms with Crippen LogP contribution in [-0.4, -0.2) is 36.0 Å². The molecule has 0 aromatic heterocycles. The van der Waals surface area contributed by atoms with E-state index in [1.807, 2.05) is 13.8 Å². The van der Waals surface area contributed by atoms with Gasteiger partial charge in [-0.05, 0) is 136 Å². The van der Waals surface area contributed by atoms with E-state index >= 15 is 0 Å². The Morgan fingerprint density at radius 2 is 1.29 bits per heavy atom. The number of rotatable bonds is 21. The molecule has 0 aromatic rings. The molecular weight excluding hydrogens is 629 g/mol. The van der Waals surface area contributed by atoms with E-state index in [9.17, 15) is 9.90 Å². The van der Waals surface area contributed by atoms with Gasteiger partial charge in [0.2, 0.25) is 0 Å². The van der Waals surface area contributed by atoms with Crippen LogP contribution in [0.5, 0.6) is 0 Å². The van der Waals surface area contributed by atoms with Crippen molar-refractivity contribution in [2.24, 2.45) is 50.7 Å². The summed E-state index contributed by atoms with van der Waals surface area (Å²) in [6.45, 7) is 19.1. The molecule has 0 bridgehead atoms. The molecule has 0 radical (unpaired) electrons. The molecule has 0 aromatic carbocycles. The molecule has 4 nitrogen and oxygen atoms in total. The van der Waals surface area contributed by atoms with E-state index in [1.54, 1.807) is 7.11 Å². The summed E-state index contributed by atoms with van der Waals surface area (Å²) in [5.74, 6) is 2.95. The van der Waals surface area contributed by atoms with Crippen molar-refractivity contribution in [2.45, 2.75) is 234 Å². The highest BCUT2D eigenvalue weighted by atomic mass is 16.5. The van der Waals surface area contributed by atoms with Crippen LogP contribution < -0.4 is 0 Å². The maximum atomic E-state index is 13.2. The Morgan fingerprint density at radius 3 is 1.90 bits per heavy atom. The van der Waals surface area contributed by atoms with Gasteiger partial charge >= 0.3 is 5.97 Å². The molecule has 1 N–H and O–H groups in total. The maximum absolute atomic E-state index is 13.2. The highest BCUT2D eigenvalue weighted by Gasteiger charge is 2.82. The summed E-state index contributed by atoms with van der Waals surface area (Å²) in [5.41, 5.74) is 1.36.